The monoisotopic (exact) mass is 489 g/mol. The summed E-state index contributed by atoms with van der Waals surface area (Å²) in [5.41, 5.74) is 10.2. The van der Waals surface area contributed by atoms with Crippen molar-refractivity contribution in [3.63, 3.8) is 0 Å². The Morgan fingerprint density at radius 1 is 1.18 bits per heavy atom. The number of carbonyl (C=O) groups is 1. The molecule has 2 fully saturated rings. The summed E-state index contributed by atoms with van der Waals surface area (Å²) in [4.78, 5) is 19.3. The zero-order valence-corrected chi connectivity index (χ0v) is 20.2. The van der Waals surface area contributed by atoms with Gasteiger partial charge in [-0.25, -0.2) is 0 Å². The molecular formula is C24H31N3O4S2. The lowest BCUT2D eigenvalue weighted by Crippen LogP contribution is -2.25. The second-order valence-corrected chi connectivity index (χ2v) is 12.5. The molecule has 3 aromatic rings. The maximum Gasteiger partial charge on any atom is 0.250 e. The molecule has 178 valence electrons. The fraction of sp³-hybridized carbons (Fsp3) is 0.458. The van der Waals surface area contributed by atoms with Gasteiger partial charge in [-0.3, -0.25) is 18.8 Å². The molecule has 0 atom stereocenters. The molecule has 0 spiro atoms. The van der Waals surface area contributed by atoms with Crippen LogP contribution in [0.2, 0.25) is 0 Å². The van der Waals surface area contributed by atoms with E-state index in [-0.39, 0.29) is 5.92 Å². The lowest BCUT2D eigenvalue weighted by Gasteiger charge is -2.39. The summed E-state index contributed by atoms with van der Waals surface area (Å²) >= 11 is 1.74. The van der Waals surface area contributed by atoms with Crippen LogP contribution >= 0.6 is 21.9 Å². The first kappa shape index (κ1) is 22.9. The lowest BCUT2D eigenvalue weighted by molar-refractivity contribution is 0.100. The van der Waals surface area contributed by atoms with Crippen LogP contribution in [0, 0.1) is 0 Å². The van der Waals surface area contributed by atoms with Crippen molar-refractivity contribution in [3.05, 3.63) is 45.8 Å². The van der Waals surface area contributed by atoms with Gasteiger partial charge >= 0.3 is 0 Å². The van der Waals surface area contributed by atoms with Gasteiger partial charge in [-0.15, -0.1) is 11.3 Å². The fourth-order valence-corrected chi connectivity index (χ4v) is 7.42. The number of fused-ring (bicyclic) bond motifs is 1. The molecule has 33 heavy (non-hydrogen) atoms. The first-order valence-electron chi connectivity index (χ1n) is 11.5. The quantitative estimate of drug-likeness (QED) is 0.410. The number of thiophene rings is 1. The summed E-state index contributed by atoms with van der Waals surface area (Å²) in [6, 6.07) is 6.24. The number of amides is 1. The standard InChI is InChI=1S/C24H31N3O4S2/c25-24(28)21-12-17(18-10-19(32-15-18)14-27-4-1-6-31-7-5-27)11-20-22(13-26-23(20)21)16-2-8-33(29,30)9-3-16/h10-13,15-16,26,29-30H,1-9,14H2,(H2,25,28). The molecule has 2 aromatic heterocycles. The molecule has 7 nitrogen and oxygen atoms in total. The molecular weight excluding hydrogens is 458 g/mol. The highest BCUT2D eigenvalue weighted by Gasteiger charge is 2.27. The molecule has 4 heterocycles. The second-order valence-electron chi connectivity index (χ2n) is 9.08. The average molecular weight is 490 g/mol. The SMILES string of the molecule is NC(=O)c1cc(-c2csc(CN3CCCOCC3)c2)cc2c(C3CCS(O)(O)CC3)c[nH]c12. The summed E-state index contributed by atoms with van der Waals surface area (Å²) in [6.45, 7) is 4.51. The lowest BCUT2D eigenvalue weighted by atomic mass is 9.91. The van der Waals surface area contributed by atoms with E-state index in [4.69, 9.17) is 10.5 Å². The molecule has 0 saturated carbocycles. The summed E-state index contributed by atoms with van der Waals surface area (Å²) in [6.07, 6.45) is 4.48. The Hall–Kier alpha value is -1.88. The number of hydrogen-bond acceptors (Lipinski definition) is 6. The van der Waals surface area contributed by atoms with E-state index in [0.717, 1.165) is 79.7 Å². The Morgan fingerprint density at radius 3 is 2.79 bits per heavy atom. The van der Waals surface area contributed by atoms with E-state index < -0.39 is 16.5 Å². The number of nitrogens with two attached hydrogens (primary N) is 1. The molecule has 2 saturated heterocycles. The number of nitrogens with one attached hydrogen (secondary N) is 1. The van der Waals surface area contributed by atoms with Crippen LogP contribution in [0.3, 0.4) is 0 Å². The van der Waals surface area contributed by atoms with E-state index in [9.17, 15) is 13.9 Å². The zero-order chi connectivity index (χ0) is 23.0. The largest absolute Gasteiger partial charge is 0.380 e. The number of primary amides is 1. The van der Waals surface area contributed by atoms with Crippen LogP contribution in [0.1, 0.15) is 46.0 Å². The molecule has 0 unspecified atom stereocenters. The average Bonchev–Trinajstić information content (AvgIpc) is 3.34. The smallest absolute Gasteiger partial charge is 0.250 e. The molecule has 2 aliphatic rings. The minimum Gasteiger partial charge on any atom is -0.380 e. The number of rotatable bonds is 5. The molecule has 0 radical (unpaired) electrons. The van der Waals surface area contributed by atoms with Gasteiger partial charge in [0.2, 0.25) is 0 Å². The number of H-pyrrole nitrogens is 1. The van der Waals surface area contributed by atoms with Gasteiger partial charge in [0.15, 0.2) is 0 Å². The Labute approximate surface area is 199 Å². The van der Waals surface area contributed by atoms with Crippen LogP contribution in [0.25, 0.3) is 22.0 Å². The van der Waals surface area contributed by atoms with Gasteiger partial charge in [0.05, 0.1) is 17.7 Å². The Kier molecular flexibility index (Phi) is 6.52. The van der Waals surface area contributed by atoms with Gasteiger partial charge in [0, 0.05) is 54.2 Å². The molecule has 2 aliphatic heterocycles. The summed E-state index contributed by atoms with van der Waals surface area (Å²) in [7, 11) is -2.44. The van der Waals surface area contributed by atoms with Crippen molar-refractivity contribution in [2.24, 2.45) is 5.73 Å². The van der Waals surface area contributed by atoms with Crippen molar-refractivity contribution in [2.75, 3.05) is 37.8 Å². The predicted molar refractivity (Wildman–Crippen MR) is 135 cm³/mol. The highest BCUT2D eigenvalue weighted by Crippen LogP contribution is 2.49. The molecule has 1 aromatic carbocycles. The first-order valence-corrected chi connectivity index (χ1v) is 14.2. The molecule has 5 N–H and O–H groups in total. The van der Waals surface area contributed by atoms with Crippen molar-refractivity contribution < 1.29 is 18.6 Å². The van der Waals surface area contributed by atoms with Crippen LogP contribution in [0.4, 0.5) is 0 Å². The van der Waals surface area contributed by atoms with Crippen molar-refractivity contribution >= 4 is 38.7 Å². The maximum atomic E-state index is 12.3. The van der Waals surface area contributed by atoms with Crippen LogP contribution in [0.15, 0.2) is 29.8 Å². The summed E-state index contributed by atoms with van der Waals surface area (Å²) < 4.78 is 25.6. The third kappa shape index (κ3) is 4.99. The number of carbonyl (C=O) groups excluding carboxylic acids is 1. The van der Waals surface area contributed by atoms with Gasteiger partial charge in [-0.05, 0) is 65.4 Å². The van der Waals surface area contributed by atoms with E-state index in [1.807, 2.05) is 12.3 Å². The third-order valence-electron chi connectivity index (χ3n) is 6.79. The number of hydrogen-bond donors (Lipinski definition) is 4. The first-order chi connectivity index (χ1) is 15.9. The summed E-state index contributed by atoms with van der Waals surface area (Å²) in [5, 5.41) is 3.15. The van der Waals surface area contributed by atoms with Gasteiger partial charge in [0.25, 0.3) is 5.91 Å². The fourth-order valence-electron chi connectivity index (χ4n) is 4.96. The van der Waals surface area contributed by atoms with Crippen molar-refractivity contribution in [2.45, 2.75) is 31.7 Å². The molecule has 0 aliphatic carbocycles. The number of benzene rings is 1. The van der Waals surface area contributed by atoms with Gasteiger partial charge in [-0.2, -0.15) is 10.6 Å². The predicted octanol–water partition coefficient (Wildman–Crippen LogP) is 4.85. The minimum atomic E-state index is -2.44. The highest BCUT2D eigenvalue weighted by atomic mass is 32.3. The summed E-state index contributed by atoms with van der Waals surface area (Å²) in [5.74, 6) is 0.649. The van der Waals surface area contributed by atoms with E-state index in [2.05, 4.69) is 27.4 Å². The van der Waals surface area contributed by atoms with Gasteiger partial charge in [-0.1, -0.05) is 0 Å². The molecule has 9 heteroatoms. The van der Waals surface area contributed by atoms with Crippen LogP contribution in [0.5, 0.6) is 0 Å². The number of aromatic amines is 1. The van der Waals surface area contributed by atoms with Gasteiger partial charge < -0.3 is 15.5 Å². The van der Waals surface area contributed by atoms with Crippen LogP contribution in [-0.2, 0) is 11.3 Å². The Morgan fingerprint density at radius 2 is 2.00 bits per heavy atom. The molecule has 5 rings (SSSR count). The van der Waals surface area contributed by atoms with E-state index in [0.29, 0.717) is 17.1 Å². The zero-order valence-electron chi connectivity index (χ0n) is 18.6. The minimum absolute atomic E-state index is 0.234. The topological polar surface area (TPSA) is 112 Å². The maximum absolute atomic E-state index is 12.3. The van der Waals surface area contributed by atoms with Crippen molar-refractivity contribution in [3.8, 4) is 11.1 Å². The third-order valence-corrected chi connectivity index (χ3v) is 9.50. The van der Waals surface area contributed by atoms with Crippen molar-refractivity contribution in [1.29, 1.82) is 0 Å². The second kappa shape index (κ2) is 9.40. The Bertz CT molecular complexity index is 1140. The number of aromatic nitrogens is 1. The molecule has 0 bridgehead atoms. The van der Waals surface area contributed by atoms with E-state index >= 15 is 0 Å². The van der Waals surface area contributed by atoms with Crippen LogP contribution in [-0.4, -0.2) is 62.7 Å². The number of nitrogens with zero attached hydrogens (tertiary/aromatic N) is 1. The number of ether oxygens (including phenoxy) is 1. The van der Waals surface area contributed by atoms with Gasteiger partial charge in [0.1, 0.15) is 0 Å². The van der Waals surface area contributed by atoms with Crippen LogP contribution < -0.4 is 5.73 Å². The van der Waals surface area contributed by atoms with E-state index in [1.54, 1.807) is 11.3 Å². The van der Waals surface area contributed by atoms with E-state index in [1.165, 1.54) is 4.88 Å². The highest BCUT2D eigenvalue weighted by molar-refractivity contribution is 8.24. The molecule has 1 amide bonds. The Balaban J connectivity index is 1.46. The normalized spacial score (nSPS) is 21.2. The van der Waals surface area contributed by atoms with Crippen molar-refractivity contribution in [1.82, 2.24) is 9.88 Å².